The predicted octanol–water partition coefficient (Wildman–Crippen LogP) is 5.53. The van der Waals surface area contributed by atoms with Gasteiger partial charge in [-0.05, 0) is 17.7 Å². The Morgan fingerprint density at radius 3 is 2.20 bits per heavy atom. The topological polar surface area (TPSA) is 38.7 Å². The van der Waals surface area contributed by atoms with Crippen molar-refractivity contribution < 1.29 is 0 Å². The van der Waals surface area contributed by atoms with E-state index < -0.39 is 0 Å². The average Bonchev–Trinajstić information content (AvgIpc) is 2.69. The Morgan fingerprint density at radius 1 is 0.640 bits per heavy atom. The van der Waals surface area contributed by atoms with Gasteiger partial charge in [0.25, 0.3) is 0 Å². The van der Waals surface area contributed by atoms with Crippen molar-refractivity contribution in [3.8, 4) is 33.8 Å². The van der Waals surface area contributed by atoms with Crippen LogP contribution in [-0.2, 0) is 0 Å². The molecule has 0 bridgehead atoms. The predicted molar refractivity (Wildman–Crippen MR) is 101 cm³/mol. The molecule has 0 saturated carbocycles. The van der Waals surface area contributed by atoms with Crippen LogP contribution in [0.15, 0.2) is 85.2 Å². The lowest BCUT2D eigenvalue weighted by molar-refractivity contribution is 1.18. The first-order valence-corrected chi connectivity index (χ1v) is 8.28. The summed E-state index contributed by atoms with van der Waals surface area (Å²) in [7, 11) is 0. The molecule has 2 aromatic carbocycles. The van der Waals surface area contributed by atoms with Crippen molar-refractivity contribution in [2.24, 2.45) is 0 Å². The zero-order chi connectivity index (χ0) is 17.1. The number of aromatic nitrogens is 3. The Labute approximate surface area is 151 Å². The molecule has 0 aliphatic heterocycles. The molecule has 4 rings (SSSR count). The average molecular weight is 344 g/mol. The second-order valence-electron chi connectivity index (χ2n) is 5.59. The summed E-state index contributed by atoms with van der Waals surface area (Å²) in [5.74, 6) is 0.620. The Bertz CT molecular complexity index is 1000. The fraction of sp³-hybridized carbons (Fsp3) is 0. The zero-order valence-electron chi connectivity index (χ0n) is 13.3. The second kappa shape index (κ2) is 6.83. The molecule has 0 aliphatic carbocycles. The zero-order valence-corrected chi connectivity index (χ0v) is 14.1. The maximum atomic E-state index is 6.25. The number of benzene rings is 2. The van der Waals surface area contributed by atoms with E-state index in [4.69, 9.17) is 16.6 Å². The van der Waals surface area contributed by atoms with Crippen molar-refractivity contribution in [1.82, 2.24) is 15.0 Å². The van der Waals surface area contributed by atoms with Crippen molar-refractivity contribution in [1.29, 1.82) is 0 Å². The van der Waals surface area contributed by atoms with Gasteiger partial charge in [-0.15, -0.1) is 0 Å². The Balaban J connectivity index is 1.79. The number of hydrogen-bond acceptors (Lipinski definition) is 3. The van der Waals surface area contributed by atoms with Crippen molar-refractivity contribution in [3.05, 3.63) is 90.3 Å². The Hall–Kier alpha value is -3.04. The summed E-state index contributed by atoms with van der Waals surface area (Å²) in [6.07, 6.45) is 3.62. The number of hydrogen-bond donors (Lipinski definition) is 0. The van der Waals surface area contributed by atoms with E-state index in [1.54, 1.807) is 12.3 Å². The van der Waals surface area contributed by atoms with Crippen LogP contribution in [0, 0.1) is 0 Å². The lowest BCUT2D eigenvalue weighted by Gasteiger charge is -2.08. The molecule has 4 heteroatoms. The number of rotatable bonds is 3. The molecule has 0 atom stereocenters. The molecule has 2 aromatic heterocycles. The van der Waals surface area contributed by atoms with E-state index in [1.165, 1.54) is 0 Å². The maximum absolute atomic E-state index is 6.25. The van der Waals surface area contributed by atoms with E-state index in [0.29, 0.717) is 11.0 Å². The first-order valence-electron chi connectivity index (χ1n) is 7.90. The van der Waals surface area contributed by atoms with Crippen molar-refractivity contribution in [2.45, 2.75) is 0 Å². The minimum Gasteiger partial charge on any atom is -0.264 e. The van der Waals surface area contributed by atoms with Gasteiger partial charge in [0.2, 0.25) is 0 Å². The van der Waals surface area contributed by atoms with Gasteiger partial charge < -0.3 is 0 Å². The standard InChI is InChI=1S/C21H14ClN3/c22-20-13-19(24-21(25-20)15-6-2-1-3-7-15)17-9-4-8-16(12-17)18-10-5-11-23-14-18/h1-14H. The third-order valence-corrected chi connectivity index (χ3v) is 4.07. The molecule has 0 N–H and O–H groups in total. The van der Waals surface area contributed by atoms with Crippen LogP contribution in [0.1, 0.15) is 0 Å². The molecule has 4 aromatic rings. The van der Waals surface area contributed by atoms with Crippen LogP contribution in [-0.4, -0.2) is 15.0 Å². The molecule has 2 heterocycles. The summed E-state index contributed by atoms with van der Waals surface area (Å²) in [5, 5.41) is 0.427. The molecular weight excluding hydrogens is 330 g/mol. The molecule has 0 aliphatic rings. The minimum atomic E-state index is 0.427. The Kier molecular flexibility index (Phi) is 4.23. The largest absolute Gasteiger partial charge is 0.264 e. The van der Waals surface area contributed by atoms with E-state index in [9.17, 15) is 0 Å². The third kappa shape index (κ3) is 3.42. The van der Waals surface area contributed by atoms with Crippen molar-refractivity contribution in [3.63, 3.8) is 0 Å². The van der Waals surface area contributed by atoms with Crippen LogP contribution in [0.5, 0.6) is 0 Å². The van der Waals surface area contributed by atoms with Gasteiger partial charge in [-0.2, -0.15) is 0 Å². The van der Waals surface area contributed by atoms with E-state index in [1.807, 2.05) is 60.8 Å². The molecule has 120 valence electrons. The molecular formula is C21H14ClN3. The summed E-state index contributed by atoms with van der Waals surface area (Å²) in [5.41, 5.74) is 4.87. The number of halogens is 1. The highest BCUT2D eigenvalue weighted by Crippen LogP contribution is 2.27. The maximum Gasteiger partial charge on any atom is 0.161 e. The molecule has 0 saturated heterocycles. The van der Waals surface area contributed by atoms with Crippen LogP contribution in [0.3, 0.4) is 0 Å². The highest BCUT2D eigenvalue weighted by atomic mass is 35.5. The lowest BCUT2D eigenvalue weighted by Crippen LogP contribution is -1.93. The molecule has 0 radical (unpaired) electrons. The van der Waals surface area contributed by atoms with Crippen LogP contribution in [0.2, 0.25) is 5.15 Å². The lowest BCUT2D eigenvalue weighted by atomic mass is 10.0. The van der Waals surface area contributed by atoms with Gasteiger partial charge in [0.15, 0.2) is 5.82 Å². The first kappa shape index (κ1) is 15.5. The van der Waals surface area contributed by atoms with E-state index in [-0.39, 0.29) is 0 Å². The molecule has 3 nitrogen and oxygen atoms in total. The summed E-state index contributed by atoms with van der Waals surface area (Å²) in [6, 6.07) is 23.8. The summed E-state index contributed by atoms with van der Waals surface area (Å²) in [6.45, 7) is 0. The first-order chi connectivity index (χ1) is 12.3. The third-order valence-electron chi connectivity index (χ3n) is 3.88. The highest BCUT2D eigenvalue weighted by molar-refractivity contribution is 6.29. The van der Waals surface area contributed by atoms with Crippen LogP contribution in [0.25, 0.3) is 33.8 Å². The van der Waals surface area contributed by atoms with E-state index in [0.717, 1.165) is 27.9 Å². The monoisotopic (exact) mass is 343 g/mol. The molecule has 25 heavy (non-hydrogen) atoms. The summed E-state index contributed by atoms with van der Waals surface area (Å²) < 4.78 is 0. The van der Waals surface area contributed by atoms with Gasteiger partial charge >= 0.3 is 0 Å². The quantitative estimate of drug-likeness (QED) is 0.459. The second-order valence-corrected chi connectivity index (χ2v) is 5.98. The molecule has 0 fully saturated rings. The van der Waals surface area contributed by atoms with Crippen LogP contribution < -0.4 is 0 Å². The van der Waals surface area contributed by atoms with Gasteiger partial charge in [0.05, 0.1) is 5.69 Å². The van der Waals surface area contributed by atoms with Gasteiger partial charge in [-0.25, -0.2) is 9.97 Å². The normalized spacial score (nSPS) is 10.6. The van der Waals surface area contributed by atoms with Crippen LogP contribution >= 0.6 is 11.6 Å². The van der Waals surface area contributed by atoms with Gasteiger partial charge in [-0.3, -0.25) is 4.98 Å². The summed E-state index contributed by atoms with van der Waals surface area (Å²) >= 11 is 6.25. The van der Waals surface area contributed by atoms with E-state index >= 15 is 0 Å². The fourth-order valence-corrected chi connectivity index (χ4v) is 2.86. The number of pyridine rings is 1. The number of nitrogens with zero attached hydrogens (tertiary/aromatic N) is 3. The van der Waals surface area contributed by atoms with Crippen LogP contribution in [0.4, 0.5) is 0 Å². The minimum absolute atomic E-state index is 0.427. The molecule has 0 amide bonds. The Morgan fingerprint density at radius 2 is 1.40 bits per heavy atom. The van der Waals surface area contributed by atoms with Gasteiger partial charge in [-0.1, -0.05) is 66.2 Å². The SMILES string of the molecule is Clc1cc(-c2cccc(-c3cccnc3)c2)nc(-c2ccccc2)n1. The van der Waals surface area contributed by atoms with Gasteiger partial charge in [0.1, 0.15) is 5.15 Å². The van der Waals surface area contributed by atoms with Crippen molar-refractivity contribution in [2.75, 3.05) is 0 Å². The van der Waals surface area contributed by atoms with Crippen molar-refractivity contribution >= 4 is 11.6 Å². The highest BCUT2D eigenvalue weighted by Gasteiger charge is 2.08. The van der Waals surface area contributed by atoms with Gasteiger partial charge in [0, 0.05) is 35.2 Å². The van der Waals surface area contributed by atoms with E-state index in [2.05, 4.69) is 22.1 Å². The fourth-order valence-electron chi connectivity index (χ4n) is 2.67. The smallest absolute Gasteiger partial charge is 0.161 e. The molecule has 0 spiro atoms. The molecule has 0 unspecified atom stereocenters. The summed E-state index contributed by atoms with van der Waals surface area (Å²) in [4.78, 5) is 13.2.